The molecule has 2 aromatic heterocycles. The third-order valence-corrected chi connectivity index (χ3v) is 7.16. The van der Waals surface area contributed by atoms with Crippen molar-refractivity contribution in [3.8, 4) is 11.1 Å². The van der Waals surface area contributed by atoms with Crippen LogP contribution in [-0.4, -0.2) is 31.3 Å². The lowest BCUT2D eigenvalue weighted by molar-refractivity contribution is 0.120. The quantitative estimate of drug-likeness (QED) is 0.378. The molecule has 1 fully saturated rings. The number of nitrogens with zero attached hydrogens (tertiary/aromatic N) is 2. The first kappa shape index (κ1) is 18.5. The minimum Gasteiger partial charge on any atom is -0.424 e. The standard InChI is InChI=1S/C25H20N2O3S/c1-15-9-10-19-22(30-25(26-24(19)28)27-11-13-29-14-12-27)21(15)18-7-4-6-17-16-5-2-3-8-20(16)31-23(17)18/h2-10H,11-14H2,1H3. The molecule has 3 aromatic carbocycles. The summed E-state index contributed by atoms with van der Waals surface area (Å²) >= 11 is 1.77. The maximum atomic E-state index is 12.9. The van der Waals surface area contributed by atoms with Crippen molar-refractivity contribution in [3.63, 3.8) is 0 Å². The second-order valence-electron chi connectivity index (χ2n) is 7.82. The first-order chi connectivity index (χ1) is 15.2. The third-order valence-electron chi connectivity index (χ3n) is 5.94. The molecular formula is C25H20N2O3S. The number of benzene rings is 3. The molecule has 154 valence electrons. The number of fused-ring (bicyclic) bond motifs is 4. The second-order valence-corrected chi connectivity index (χ2v) is 8.87. The van der Waals surface area contributed by atoms with Gasteiger partial charge in [0.05, 0.1) is 18.6 Å². The number of thiophene rings is 1. The Kier molecular flexibility index (Phi) is 4.30. The molecule has 0 unspecified atom stereocenters. The van der Waals surface area contributed by atoms with E-state index in [1.807, 2.05) is 17.0 Å². The van der Waals surface area contributed by atoms with Gasteiger partial charge < -0.3 is 14.1 Å². The van der Waals surface area contributed by atoms with E-state index in [1.165, 1.54) is 20.2 Å². The fourth-order valence-corrected chi connectivity index (χ4v) is 5.61. The number of hydrogen-bond acceptors (Lipinski definition) is 6. The number of aromatic nitrogens is 1. The Balaban J connectivity index is 1.66. The SMILES string of the molecule is Cc1ccc2c(=O)nc(N3CCOCC3)oc2c1-c1cccc2c1sc1ccccc12. The molecule has 0 saturated carbocycles. The van der Waals surface area contributed by atoms with Crippen molar-refractivity contribution in [3.05, 3.63) is 70.5 Å². The average Bonchev–Trinajstić information content (AvgIpc) is 3.19. The smallest absolute Gasteiger partial charge is 0.301 e. The highest BCUT2D eigenvalue weighted by atomic mass is 32.1. The van der Waals surface area contributed by atoms with Gasteiger partial charge >= 0.3 is 6.01 Å². The number of morpholine rings is 1. The van der Waals surface area contributed by atoms with Crippen LogP contribution in [0.4, 0.5) is 6.01 Å². The van der Waals surface area contributed by atoms with Gasteiger partial charge in [0.25, 0.3) is 5.56 Å². The summed E-state index contributed by atoms with van der Waals surface area (Å²) in [5.74, 6) is 0. The van der Waals surface area contributed by atoms with Crippen LogP contribution in [0.3, 0.4) is 0 Å². The first-order valence-electron chi connectivity index (χ1n) is 10.4. The molecule has 0 atom stereocenters. The average molecular weight is 429 g/mol. The lowest BCUT2D eigenvalue weighted by Gasteiger charge is -2.26. The van der Waals surface area contributed by atoms with Crippen molar-refractivity contribution in [1.82, 2.24) is 4.98 Å². The molecule has 0 radical (unpaired) electrons. The molecule has 0 bridgehead atoms. The molecule has 31 heavy (non-hydrogen) atoms. The number of anilines is 1. The maximum Gasteiger partial charge on any atom is 0.301 e. The van der Waals surface area contributed by atoms with E-state index in [9.17, 15) is 4.79 Å². The van der Waals surface area contributed by atoms with E-state index < -0.39 is 0 Å². The predicted molar refractivity (Wildman–Crippen MR) is 126 cm³/mol. The Morgan fingerprint density at radius 3 is 2.61 bits per heavy atom. The number of hydrogen-bond donors (Lipinski definition) is 0. The van der Waals surface area contributed by atoms with Crippen LogP contribution in [0.5, 0.6) is 0 Å². The molecule has 0 N–H and O–H groups in total. The molecule has 0 aliphatic carbocycles. The molecule has 1 aliphatic heterocycles. The van der Waals surface area contributed by atoms with E-state index in [-0.39, 0.29) is 5.56 Å². The van der Waals surface area contributed by atoms with Crippen molar-refractivity contribution >= 4 is 48.5 Å². The molecule has 5 aromatic rings. The van der Waals surface area contributed by atoms with Gasteiger partial charge in [-0.2, -0.15) is 4.98 Å². The van der Waals surface area contributed by atoms with Crippen molar-refractivity contribution in [1.29, 1.82) is 0 Å². The van der Waals surface area contributed by atoms with E-state index >= 15 is 0 Å². The summed E-state index contributed by atoms with van der Waals surface area (Å²) in [6.45, 7) is 4.59. The van der Waals surface area contributed by atoms with Gasteiger partial charge in [-0.25, -0.2) is 0 Å². The largest absolute Gasteiger partial charge is 0.424 e. The Hall–Kier alpha value is -3.22. The van der Waals surface area contributed by atoms with Crippen molar-refractivity contribution in [2.45, 2.75) is 6.92 Å². The van der Waals surface area contributed by atoms with Gasteiger partial charge in [0.1, 0.15) is 0 Å². The normalized spacial score (nSPS) is 14.7. The van der Waals surface area contributed by atoms with Crippen LogP contribution in [0, 0.1) is 6.92 Å². The summed E-state index contributed by atoms with van der Waals surface area (Å²) in [6.07, 6.45) is 0. The molecule has 1 aliphatic rings. The van der Waals surface area contributed by atoms with Gasteiger partial charge in [-0.1, -0.05) is 42.5 Å². The number of ether oxygens (including phenoxy) is 1. The Bertz CT molecular complexity index is 1510. The Morgan fingerprint density at radius 1 is 0.935 bits per heavy atom. The van der Waals surface area contributed by atoms with E-state index in [4.69, 9.17) is 9.15 Å². The van der Waals surface area contributed by atoms with Crippen LogP contribution in [-0.2, 0) is 4.74 Å². The summed E-state index contributed by atoms with van der Waals surface area (Å²) in [4.78, 5) is 19.1. The molecule has 6 heteroatoms. The van der Waals surface area contributed by atoms with Crippen LogP contribution in [0.1, 0.15) is 5.56 Å². The minimum atomic E-state index is -0.257. The lowest BCUT2D eigenvalue weighted by Crippen LogP contribution is -2.37. The van der Waals surface area contributed by atoms with Gasteiger partial charge in [-0.05, 0) is 24.6 Å². The molecule has 3 heterocycles. The third kappa shape index (κ3) is 2.94. The van der Waals surface area contributed by atoms with E-state index in [1.54, 1.807) is 11.3 Å². The topological polar surface area (TPSA) is 55.6 Å². The molecular weight excluding hydrogens is 408 g/mol. The van der Waals surface area contributed by atoms with Gasteiger partial charge in [0, 0.05) is 44.4 Å². The summed E-state index contributed by atoms with van der Waals surface area (Å²) in [5, 5.41) is 2.98. The second kappa shape index (κ2) is 7.18. The molecule has 5 nitrogen and oxygen atoms in total. The monoisotopic (exact) mass is 428 g/mol. The van der Waals surface area contributed by atoms with Crippen LogP contribution < -0.4 is 10.5 Å². The van der Waals surface area contributed by atoms with E-state index in [2.05, 4.69) is 54.4 Å². The minimum absolute atomic E-state index is 0.257. The first-order valence-corrected chi connectivity index (χ1v) is 11.2. The molecule has 0 amide bonds. The lowest BCUT2D eigenvalue weighted by atomic mass is 9.96. The molecule has 1 saturated heterocycles. The van der Waals surface area contributed by atoms with Crippen LogP contribution >= 0.6 is 11.3 Å². The van der Waals surface area contributed by atoms with E-state index in [0.717, 1.165) is 16.7 Å². The zero-order chi connectivity index (χ0) is 20.9. The Morgan fingerprint density at radius 2 is 1.74 bits per heavy atom. The van der Waals surface area contributed by atoms with Crippen LogP contribution in [0.2, 0.25) is 0 Å². The van der Waals surface area contributed by atoms with Crippen LogP contribution in [0.15, 0.2) is 63.8 Å². The highest BCUT2D eigenvalue weighted by Crippen LogP contribution is 2.42. The zero-order valence-corrected chi connectivity index (χ0v) is 17.9. The van der Waals surface area contributed by atoms with Gasteiger partial charge in [0.2, 0.25) is 0 Å². The highest BCUT2D eigenvalue weighted by molar-refractivity contribution is 7.26. The van der Waals surface area contributed by atoms with Gasteiger partial charge in [0.15, 0.2) is 5.58 Å². The van der Waals surface area contributed by atoms with Crippen molar-refractivity contribution < 1.29 is 9.15 Å². The number of aryl methyl sites for hydroxylation is 1. The van der Waals surface area contributed by atoms with Crippen molar-refractivity contribution in [2.75, 3.05) is 31.2 Å². The zero-order valence-electron chi connectivity index (χ0n) is 17.1. The summed E-state index contributed by atoms with van der Waals surface area (Å²) in [5.41, 5.74) is 3.46. The van der Waals surface area contributed by atoms with Gasteiger partial charge in [-0.15, -0.1) is 11.3 Å². The van der Waals surface area contributed by atoms with Gasteiger partial charge in [-0.3, -0.25) is 4.79 Å². The van der Waals surface area contributed by atoms with Crippen LogP contribution in [0.25, 0.3) is 42.3 Å². The Labute approximate surface area is 182 Å². The maximum absolute atomic E-state index is 12.9. The summed E-state index contributed by atoms with van der Waals surface area (Å²) in [7, 11) is 0. The molecule has 6 rings (SSSR count). The molecule has 0 spiro atoms. The fraction of sp³-hybridized carbons (Fsp3) is 0.200. The summed E-state index contributed by atoms with van der Waals surface area (Å²) < 4.78 is 14.2. The highest BCUT2D eigenvalue weighted by Gasteiger charge is 2.21. The fourth-order valence-electron chi connectivity index (χ4n) is 4.39. The number of rotatable bonds is 2. The van der Waals surface area contributed by atoms with E-state index in [0.29, 0.717) is 43.3 Å². The summed E-state index contributed by atoms with van der Waals surface area (Å²) in [6, 6.07) is 19.0. The van der Waals surface area contributed by atoms with Crippen molar-refractivity contribution in [2.24, 2.45) is 0 Å². The predicted octanol–water partition coefficient (Wildman–Crippen LogP) is 5.37.